The molecule has 1 N–H and O–H groups in total. The van der Waals surface area contributed by atoms with Gasteiger partial charge in [0.15, 0.2) is 0 Å². The predicted molar refractivity (Wildman–Crippen MR) is 112 cm³/mol. The highest BCUT2D eigenvalue weighted by Crippen LogP contribution is 2.19. The molecule has 156 valence electrons. The minimum Gasteiger partial charge on any atom is -0.493 e. The van der Waals surface area contributed by atoms with Gasteiger partial charge in [-0.2, -0.15) is 5.26 Å². The van der Waals surface area contributed by atoms with Gasteiger partial charge in [0.25, 0.3) is 5.91 Å². The molecule has 0 radical (unpaired) electrons. The molecule has 0 saturated carbocycles. The van der Waals surface area contributed by atoms with Crippen molar-refractivity contribution in [2.24, 2.45) is 0 Å². The quantitative estimate of drug-likeness (QED) is 0.510. The van der Waals surface area contributed by atoms with Crippen LogP contribution in [-0.2, 0) is 16.0 Å². The molecule has 2 aromatic carbocycles. The van der Waals surface area contributed by atoms with Crippen molar-refractivity contribution in [3.8, 4) is 11.8 Å². The highest BCUT2D eigenvalue weighted by atomic mass is 19.1. The second-order valence-electron chi connectivity index (χ2n) is 6.77. The van der Waals surface area contributed by atoms with E-state index in [-0.39, 0.29) is 30.3 Å². The van der Waals surface area contributed by atoms with Crippen molar-refractivity contribution < 1.29 is 18.7 Å². The van der Waals surface area contributed by atoms with E-state index in [1.807, 2.05) is 36.4 Å². The van der Waals surface area contributed by atoms with E-state index in [0.29, 0.717) is 12.1 Å². The van der Waals surface area contributed by atoms with Crippen molar-refractivity contribution in [1.82, 2.24) is 10.2 Å². The summed E-state index contributed by atoms with van der Waals surface area (Å²) in [5, 5.41) is 12.0. The third kappa shape index (κ3) is 7.40. The summed E-state index contributed by atoms with van der Waals surface area (Å²) in [7, 11) is 3.05. The summed E-state index contributed by atoms with van der Waals surface area (Å²) < 4.78 is 19.4. The number of likely N-dealkylation sites (N-methyl/N-ethyl adjacent to an activating group) is 1. The number of carbonyl (C=O) groups is 2. The fourth-order valence-corrected chi connectivity index (χ4v) is 2.64. The molecule has 7 heteroatoms. The third-order valence-corrected chi connectivity index (χ3v) is 4.14. The van der Waals surface area contributed by atoms with Gasteiger partial charge in [-0.3, -0.25) is 9.59 Å². The van der Waals surface area contributed by atoms with Crippen LogP contribution in [0.2, 0.25) is 0 Å². The van der Waals surface area contributed by atoms with Crippen molar-refractivity contribution >= 4 is 17.9 Å². The lowest BCUT2D eigenvalue weighted by Crippen LogP contribution is -2.27. The lowest BCUT2D eigenvalue weighted by molar-refractivity contribution is -0.124. The van der Waals surface area contributed by atoms with Crippen LogP contribution in [0.25, 0.3) is 6.08 Å². The first-order valence-corrected chi connectivity index (χ1v) is 9.46. The van der Waals surface area contributed by atoms with Gasteiger partial charge < -0.3 is 15.0 Å². The number of nitrogens with zero attached hydrogens (tertiary/aromatic N) is 2. The molecule has 0 unspecified atom stereocenters. The Morgan fingerprint density at radius 2 is 1.93 bits per heavy atom. The summed E-state index contributed by atoms with van der Waals surface area (Å²) in [5.74, 6) is -0.990. The van der Waals surface area contributed by atoms with Crippen LogP contribution in [0.1, 0.15) is 17.5 Å². The van der Waals surface area contributed by atoms with Crippen LogP contribution in [-0.4, -0.2) is 44.0 Å². The van der Waals surface area contributed by atoms with E-state index in [1.54, 1.807) is 0 Å². The Labute approximate surface area is 175 Å². The van der Waals surface area contributed by atoms with E-state index in [4.69, 9.17) is 10.00 Å². The first kappa shape index (κ1) is 22.6. The maximum atomic E-state index is 13.9. The topological polar surface area (TPSA) is 82.4 Å². The highest BCUT2D eigenvalue weighted by Gasteiger charge is 2.12. The van der Waals surface area contributed by atoms with Gasteiger partial charge in [0.1, 0.15) is 23.2 Å². The fourth-order valence-electron chi connectivity index (χ4n) is 2.64. The SMILES string of the molecule is CN(C)C(=O)C(C#N)=Cc1cc(F)cc(OCCC(=O)NCCc2ccccc2)c1. The van der Waals surface area contributed by atoms with E-state index in [1.165, 1.54) is 43.3 Å². The van der Waals surface area contributed by atoms with Gasteiger partial charge >= 0.3 is 0 Å². The van der Waals surface area contributed by atoms with E-state index in [2.05, 4.69) is 5.32 Å². The van der Waals surface area contributed by atoms with Gasteiger partial charge in [0, 0.05) is 26.7 Å². The average molecular weight is 409 g/mol. The number of nitriles is 1. The normalized spacial score (nSPS) is 10.8. The van der Waals surface area contributed by atoms with Crippen LogP contribution in [0.3, 0.4) is 0 Å². The van der Waals surface area contributed by atoms with Gasteiger partial charge in [0.05, 0.1) is 13.0 Å². The number of nitrogens with one attached hydrogen (secondary N) is 1. The van der Waals surface area contributed by atoms with Crippen LogP contribution >= 0.6 is 0 Å². The molecular weight excluding hydrogens is 385 g/mol. The molecule has 0 aromatic heterocycles. The molecular formula is C23H24FN3O3. The molecule has 0 saturated heterocycles. The summed E-state index contributed by atoms with van der Waals surface area (Å²) in [4.78, 5) is 25.1. The Hall–Kier alpha value is -3.66. The number of ether oxygens (including phenoxy) is 1. The Morgan fingerprint density at radius 3 is 2.60 bits per heavy atom. The molecule has 0 aliphatic heterocycles. The van der Waals surface area contributed by atoms with Crippen molar-refractivity contribution in [1.29, 1.82) is 5.26 Å². The number of amides is 2. The van der Waals surface area contributed by atoms with Crippen molar-refractivity contribution in [3.05, 3.63) is 71.0 Å². The molecule has 6 nitrogen and oxygen atoms in total. The van der Waals surface area contributed by atoms with Crippen molar-refractivity contribution in [2.75, 3.05) is 27.2 Å². The van der Waals surface area contributed by atoms with Gasteiger partial charge in [0.2, 0.25) is 5.91 Å². The predicted octanol–water partition coefficient (Wildman–Crippen LogP) is 2.95. The van der Waals surface area contributed by atoms with E-state index in [9.17, 15) is 14.0 Å². The van der Waals surface area contributed by atoms with Gasteiger partial charge in [-0.1, -0.05) is 30.3 Å². The molecule has 2 rings (SSSR count). The minimum absolute atomic E-state index is 0.0749. The van der Waals surface area contributed by atoms with Crippen LogP contribution in [0.4, 0.5) is 4.39 Å². The molecule has 0 heterocycles. The summed E-state index contributed by atoms with van der Waals surface area (Å²) in [6, 6.07) is 15.5. The summed E-state index contributed by atoms with van der Waals surface area (Å²) in [6.45, 7) is 0.597. The number of halogens is 1. The minimum atomic E-state index is -0.569. The standard InChI is InChI=1S/C23H24FN3O3/c1-27(2)23(29)19(16-25)12-18-13-20(24)15-21(14-18)30-11-9-22(28)26-10-8-17-6-4-3-5-7-17/h3-7,12-15H,8-11H2,1-2H3,(H,26,28). The maximum absolute atomic E-state index is 13.9. The zero-order valence-corrected chi connectivity index (χ0v) is 17.0. The van der Waals surface area contributed by atoms with E-state index >= 15 is 0 Å². The second kappa shape index (κ2) is 11.4. The molecule has 2 aromatic rings. The Kier molecular flexibility index (Phi) is 8.57. The molecule has 30 heavy (non-hydrogen) atoms. The van der Waals surface area contributed by atoms with Crippen LogP contribution < -0.4 is 10.1 Å². The smallest absolute Gasteiger partial charge is 0.264 e. The average Bonchev–Trinajstić information content (AvgIpc) is 2.72. The number of hydrogen-bond donors (Lipinski definition) is 1. The molecule has 0 atom stereocenters. The van der Waals surface area contributed by atoms with E-state index < -0.39 is 11.7 Å². The largest absolute Gasteiger partial charge is 0.493 e. The van der Waals surface area contributed by atoms with Crippen LogP contribution in [0.5, 0.6) is 5.75 Å². The van der Waals surface area contributed by atoms with Crippen molar-refractivity contribution in [2.45, 2.75) is 12.8 Å². The summed E-state index contributed by atoms with van der Waals surface area (Å²) in [5.41, 5.74) is 1.34. The fraction of sp³-hybridized carbons (Fsp3) is 0.261. The van der Waals surface area contributed by atoms with Gasteiger partial charge in [-0.25, -0.2) is 4.39 Å². The Bertz CT molecular complexity index is 950. The number of hydrogen-bond acceptors (Lipinski definition) is 4. The molecule has 2 amide bonds. The molecule has 0 fully saturated rings. The van der Waals surface area contributed by atoms with Gasteiger partial charge in [-0.05, 0) is 35.8 Å². The van der Waals surface area contributed by atoms with Crippen LogP contribution in [0.15, 0.2) is 54.1 Å². The number of carbonyl (C=O) groups excluding carboxylic acids is 2. The number of rotatable bonds is 9. The molecule has 0 spiro atoms. The first-order valence-electron chi connectivity index (χ1n) is 9.46. The molecule has 0 aliphatic rings. The zero-order valence-electron chi connectivity index (χ0n) is 17.0. The lowest BCUT2D eigenvalue weighted by Gasteiger charge is -2.10. The van der Waals surface area contributed by atoms with Gasteiger partial charge in [-0.15, -0.1) is 0 Å². The summed E-state index contributed by atoms with van der Waals surface area (Å²) >= 11 is 0. The first-order chi connectivity index (χ1) is 14.4. The monoisotopic (exact) mass is 409 g/mol. The maximum Gasteiger partial charge on any atom is 0.264 e. The van der Waals surface area contributed by atoms with E-state index in [0.717, 1.165) is 12.0 Å². The molecule has 0 bridgehead atoms. The Balaban J connectivity index is 1.87. The third-order valence-electron chi connectivity index (χ3n) is 4.14. The zero-order chi connectivity index (χ0) is 21.9. The number of benzene rings is 2. The second-order valence-corrected chi connectivity index (χ2v) is 6.77. The van der Waals surface area contributed by atoms with Crippen molar-refractivity contribution in [3.63, 3.8) is 0 Å². The van der Waals surface area contributed by atoms with Crippen LogP contribution in [0, 0.1) is 17.1 Å². The summed E-state index contributed by atoms with van der Waals surface area (Å²) in [6.07, 6.45) is 2.16. The lowest BCUT2D eigenvalue weighted by atomic mass is 10.1. The Morgan fingerprint density at radius 1 is 1.20 bits per heavy atom. The highest BCUT2D eigenvalue weighted by molar-refractivity contribution is 6.01. The molecule has 0 aliphatic carbocycles.